The zero-order valence-corrected chi connectivity index (χ0v) is 24.8. The number of carboxylic acid groups (broad SMARTS) is 1. The highest BCUT2D eigenvalue weighted by Crippen LogP contribution is 2.36. The minimum Gasteiger partial charge on any atom is -0.477 e. The van der Waals surface area contributed by atoms with Crippen molar-refractivity contribution >= 4 is 63.4 Å². The Morgan fingerprint density at radius 2 is 2.05 bits per heavy atom. The number of ether oxygens (including phenoxy) is 1. The van der Waals surface area contributed by atoms with E-state index in [4.69, 9.17) is 9.57 Å². The fraction of sp³-hybridized carbons (Fsp3) is 0.417. The summed E-state index contributed by atoms with van der Waals surface area (Å²) in [7, 11) is -1.72. The first-order valence-corrected chi connectivity index (χ1v) is 15.4. The Labute approximate surface area is 245 Å². The van der Waals surface area contributed by atoms with E-state index in [0.717, 1.165) is 10.6 Å². The number of hydrogen-bond acceptors (Lipinski definition) is 13. The molecule has 4 heterocycles. The minimum absolute atomic E-state index is 0.110. The SMILES string of the molecule is Cc1ccc(SCC2=C(C(=O)O)N3C(=O)C(NC(=O)C(=NOCC(=O)OC(C)(C)C)c4cscn4)[C@@H]3S(=O)C2)nn1. The van der Waals surface area contributed by atoms with Gasteiger partial charge in [0.2, 0.25) is 6.61 Å². The van der Waals surface area contributed by atoms with Crippen LogP contribution in [0.1, 0.15) is 32.2 Å². The first kappa shape index (κ1) is 30.3. The van der Waals surface area contributed by atoms with Crippen LogP contribution in [0.15, 0.2) is 44.5 Å². The minimum atomic E-state index is -1.72. The van der Waals surface area contributed by atoms with Gasteiger partial charge in [0, 0.05) is 11.1 Å². The number of esters is 1. The highest BCUT2D eigenvalue weighted by Gasteiger charge is 2.57. The predicted molar refractivity (Wildman–Crippen MR) is 148 cm³/mol. The first-order valence-electron chi connectivity index (χ1n) is 12.1. The molecule has 2 aliphatic rings. The summed E-state index contributed by atoms with van der Waals surface area (Å²) in [6.07, 6.45) is 0. The Bertz CT molecular complexity index is 1440. The van der Waals surface area contributed by atoms with E-state index < -0.39 is 58.2 Å². The van der Waals surface area contributed by atoms with Crippen molar-refractivity contribution in [3.8, 4) is 0 Å². The number of rotatable bonds is 10. The molecule has 14 nitrogen and oxygen atoms in total. The molecule has 2 unspecified atom stereocenters. The van der Waals surface area contributed by atoms with Crippen molar-refractivity contribution in [3.05, 3.63) is 45.7 Å². The van der Waals surface area contributed by atoms with Crippen molar-refractivity contribution in [3.63, 3.8) is 0 Å². The van der Waals surface area contributed by atoms with Gasteiger partial charge in [0.15, 0.2) is 5.71 Å². The molecule has 41 heavy (non-hydrogen) atoms. The number of carbonyl (C=O) groups is 4. The van der Waals surface area contributed by atoms with Crippen molar-refractivity contribution in [2.75, 3.05) is 18.1 Å². The number of aryl methyl sites for hydroxylation is 1. The van der Waals surface area contributed by atoms with Crippen molar-refractivity contribution in [1.82, 2.24) is 25.4 Å². The molecule has 2 N–H and O–H groups in total. The molecule has 0 radical (unpaired) electrons. The molecule has 0 aliphatic carbocycles. The molecule has 0 spiro atoms. The number of hydrogen-bond donors (Lipinski definition) is 2. The van der Waals surface area contributed by atoms with Crippen molar-refractivity contribution in [2.45, 2.75) is 49.7 Å². The van der Waals surface area contributed by atoms with E-state index >= 15 is 0 Å². The second-order valence-corrected chi connectivity index (χ2v) is 13.1. The largest absolute Gasteiger partial charge is 0.477 e. The lowest BCUT2D eigenvalue weighted by Gasteiger charge is -2.49. The Kier molecular flexibility index (Phi) is 9.18. The summed E-state index contributed by atoms with van der Waals surface area (Å²) in [4.78, 5) is 60.4. The van der Waals surface area contributed by atoms with Gasteiger partial charge in [-0.05, 0) is 45.4 Å². The number of nitrogens with one attached hydrogen (secondary N) is 1. The molecule has 1 fully saturated rings. The Hall–Kier alpha value is -3.70. The van der Waals surface area contributed by atoms with Gasteiger partial charge in [-0.1, -0.05) is 5.16 Å². The van der Waals surface area contributed by atoms with E-state index in [1.165, 1.54) is 34.0 Å². The fourth-order valence-corrected chi connectivity index (χ4v) is 7.03. The van der Waals surface area contributed by atoms with Gasteiger partial charge < -0.3 is 20.0 Å². The van der Waals surface area contributed by atoms with Crippen molar-refractivity contribution in [2.24, 2.45) is 5.16 Å². The number of aliphatic carboxylic acids is 1. The highest BCUT2D eigenvalue weighted by atomic mass is 32.2. The van der Waals surface area contributed by atoms with Crippen LogP contribution in [0.4, 0.5) is 0 Å². The monoisotopic (exact) mass is 622 g/mol. The van der Waals surface area contributed by atoms with Gasteiger partial charge in [-0.3, -0.25) is 18.7 Å². The molecule has 2 aliphatic heterocycles. The fourth-order valence-electron chi connectivity index (χ4n) is 3.85. The highest BCUT2D eigenvalue weighted by molar-refractivity contribution is 7.99. The van der Waals surface area contributed by atoms with Crippen molar-refractivity contribution in [1.29, 1.82) is 0 Å². The van der Waals surface area contributed by atoms with Gasteiger partial charge in [-0.15, -0.1) is 28.2 Å². The molecule has 0 aromatic carbocycles. The van der Waals surface area contributed by atoms with Crippen LogP contribution in [0.25, 0.3) is 0 Å². The maximum absolute atomic E-state index is 13.2. The van der Waals surface area contributed by atoms with Gasteiger partial charge >= 0.3 is 11.9 Å². The molecule has 0 saturated carbocycles. The number of aromatic nitrogens is 3. The normalized spacial score (nSPS) is 20.7. The van der Waals surface area contributed by atoms with Crippen LogP contribution in [0.5, 0.6) is 0 Å². The smallest absolute Gasteiger partial charge is 0.352 e. The van der Waals surface area contributed by atoms with Crippen molar-refractivity contribution < 1.29 is 38.1 Å². The lowest BCUT2D eigenvalue weighted by Crippen LogP contribution is -2.74. The number of fused-ring (bicyclic) bond motifs is 1. The van der Waals surface area contributed by atoms with Crippen LogP contribution in [-0.2, 0) is 39.6 Å². The number of amides is 2. The van der Waals surface area contributed by atoms with Gasteiger partial charge in [-0.2, -0.15) is 5.10 Å². The zero-order valence-electron chi connectivity index (χ0n) is 22.4. The second kappa shape index (κ2) is 12.4. The van der Waals surface area contributed by atoms with E-state index in [0.29, 0.717) is 10.6 Å². The third kappa shape index (κ3) is 7.15. The maximum atomic E-state index is 13.2. The summed E-state index contributed by atoms with van der Waals surface area (Å²) in [5.74, 6) is -3.66. The summed E-state index contributed by atoms with van der Waals surface area (Å²) in [6.45, 7) is 6.25. The van der Waals surface area contributed by atoms with Crippen LogP contribution in [-0.4, -0.2) is 94.0 Å². The molecule has 2 amide bonds. The third-order valence-electron chi connectivity index (χ3n) is 5.51. The summed E-state index contributed by atoms with van der Waals surface area (Å²) >= 11 is 2.38. The summed E-state index contributed by atoms with van der Waals surface area (Å²) in [6, 6.07) is 2.22. The van der Waals surface area contributed by atoms with Gasteiger partial charge in [0.1, 0.15) is 33.4 Å². The molecule has 218 valence electrons. The molecular formula is C24H26N6O8S3. The number of nitrogens with zero attached hydrogens (tertiary/aromatic N) is 5. The van der Waals surface area contributed by atoms with Gasteiger partial charge in [-0.25, -0.2) is 14.6 Å². The molecular weight excluding hydrogens is 596 g/mol. The third-order valence-corrected chi connectivity index (χ3v) is 8.76. The van der Waals surface area contributed by atoms with Gasteiger partial charge in [0.05, 0.1) is 27.8 Å². The first-order chi connectivity index (χ1) is 19.4. The van der Waals surface area contributed by atoms with E-state index in [1.54, 1.807) is 39.8 Å². The Balaban J connectivity index is 1.48. The molecule has 0 bridgehead atoms. The quantitative estimate of drug-likeness (QED) is 0.125. The summed E-state index contributed by atoms with van der Waals surface area (Å²) in [5.41, 5.74) is 1.25. The van der Waals surface area contributed by atoms with E-state index in [-0.39, 0.29) is 28.6 Å². The van der Waals surface area contributed by atoms with Crippen LogP contribution in [0, 0.1) is 6.92 Å². The van der Waals surface area contributed by atoms with Crippen LogP contribution < -0.4 is 5.32 Å². The Morgan fingerprint density at radius 3 is 2.66 bits per heavy atom. The second-order valence-electron chi connectivity index (χ2n) is 9.81. The standard InChI is InChI=1S/C24H26N6O8S3/c1-12-5-6-15(28-27-12)40-8-13-10-41(36)22-18(21(33)30(22)19(13)23(34)35)26-20(32)17(14-9-39-11-25-14)29-37-7-16(31)38-24(2,3)4/h5-6,9,11,18,22H,7-8,10H2,1-4H3,(H,26,32)(H,34,35)/t18?,22-,41?/m0/s1. The van der Waals surface area contributed by atoms with E-state index in [9.17, 15) is 28.5 Å². The molecule has 2 aromatic heterocycles. The maximum Gasteiger partial charge on any atom is 0.352 e. The number of carbonyl (C=O) groups excluding carboxylic acids is 3. The van der Waals surface area contributed by atoms with Crippen LogP contribution in [0.2, 0.25) is 0 Å². The summed E-state index contributed by atoms with van der Waals surface area (Å²) in [5, 5.41) is 25.1. The van der Waals surface area contributed by atoms with Crippen LogP contribution >= 0.6 is 23.1 Å². The topological polar surface area (TPSA) is 190 Å². The molecule has 4 rings (SSSR count). The molecule has 2 aromatic rings. The predicted octanol–water partition coefficient (Wildman–Crippen LogP) is 0.850. The Morgan fingerprint density at radius 1 is 1.29 bits per heavy atom. The lowest BCUT2D eigenvalue weighted by molar-refractivity contribution is -0.160. The van der Waals surface area contributed by atoms with E-state index in [2.05, 4.69) is 25.7 Å². The molecule has 17 heteroatoms. The molecule has 1 saturated heterocycles. The average molecular weight is 623 g/mol. The number of oxime groups is 1. The van der Waals surface area contributed by atoms with E-state index in [1.807, 2.05) is 0 Å². The number of carboxylic acids is 1. The average Bonchev–Trinajstić information content (AvgIpc) is 3.42. The zero-order chi connectivity index (χ0) is 29.9. The number of thiazole rings is 1. The molecule has 3 atom stereocenters. The van der Waals surface area contributed by atoms with Gasteiger partial charge in [0.25, 0.3) is 11.8 Å². The number of β-lactam (4-membered cyclic amide) rings is 1. The summed E-state index contributed by atoms with van der Waals surface area (Å²) < 4.78 is 18.3. The lowest BCUT2D eigenvalue weighted by atomic mass is 10.0. The number of thioether (sulfide) groups is 1. The van der Waals surface area contributed by atoms with Crippen LogP contribution in [0.3, 0.4) is 0 Å².